The lowest BCUT2D eigenvalue weighted by molar-refractivity contribution is 0.648. The minimum atomic E-state index is 0.00396. The van der Waals surface area contributed by atoms with Crippen LogP contribution < -0.4 is 10.9 Å². The van der Waals surface area contributed by atoms with Gasteiger partial charge in [-0.15, -0.1) is 5.10 Å². The Morgan fingerprint density at radius 3 is 3.14 bits per heavy atom. The molecule has 0 aliphatic carbocycles. The number of aromatic amines is 1. The minimum Gasteiger partial charge on any atom is -0.384 e. The van der Waals surface area contributed by atoms with Gasteiger partial charge >= 0.3 is 0 Å². The average molecular weight is 282 g/mol. The second-order valence-corrected chi connectivity index (χ2v) is 5.23. The van der Waals surface area contributed by atoms with Crippen LogP contribution in [0.1, 0.15) is 17.5 Å². The molecule has 3 aromatic rings. The summed E-state index contributed by atoms with van der Waals surface area (Å²) in [6, 6.07) is 6.07. The number of hydrogen-bond donors (Lipinski definition) is 2. The predicted molar refractivity (Wildman–Crippen MR) is 78.3 cm³/mol. The van der Waals surface area contributed by atoms with Crippen LogP contribution >= 0.6 is 0 Å². The van der Waals surface area contributed by atoms with Crippen molar-refractivity contribution in [2.24, 2.45) is 0 Å². The highest BCUT2D eigenvalue weighted by atomic mass is 16.1. The molecule has 7 nitrogen and oxygen atoms in total. The van der Waals surface area contributed by atoms with Crippen LogP contribution in [0, 0.1) is 0 Å². The van der Waals surface area contributed by atoms with Crippen LogP contribution in [0.3, 0.4) is 0 Å². The summed E-state index contributed by atoms with van der Waals surface area (Å²) in [6.45, 7) is 1.49. The number of nitrogens with zero attached hydrogens (tertiary/aromatic N) is 4. The van der Waals surface area contributed by atoms with Crippen LogP contribution in [-0.2, 0) is 13.0 Å². The lowest BCUT2D eigenvalue weighted by atomic mass is 10.0. The molecule has 0 unspecified atom stereocenters. The van der Waals surface area contributed by atoms with Gasteiger partial charge in [-0.1, -0.05) is 12.1 Å². The Morgan fingerprint density at radius 1 is 1.33 bits per heavy atom. The van der Waals surface area contributed by atoms with E-state index in [0.717, 1.165) is 47.1 Å². The van der Waals surface area contributed by atoms with Crippen molar-refractivity contribution in [1.29, 1.82) is 0 Å². The van der Waals surface area contributed by atoms with Gasteiger partial charge in [0.2, 0.25) is 0 Å². The van der Waals surface area contributed by atoms with E-state index in [2.05, 4.69) is 25.8 Å². The fourth-order valence-corrected chi connectivity index (χ4v) is 2.84. The Labute approximate surface area is 120 Å². The number of nitrogens with one attached hydrogen (secondary N) is 2. The maximum absolute atomic E-state index is 12.2. The number of fused-ring (bicyclic) bond motifs is 3. The number of anilines is 1. The van der Waals surface area contributed by atoms with Gasteiger partial charge in [0.25, 0.3) is 5.56 Å². The number of benzene rings is 1. The van der Waals surface area contributed by atoms with E-state index in [1.54, 1.807) is 11.0 Å². The van der Waals surface area contributed by atoms with Crippen LogP contribution in [0.15, 0.2) is 29.3 Å². The van der Waals surface area contributed by atoms with E-state index >= 15 is 0 Å². The molecule has 3 heterocycles. The summed E-state index contributed by atoms with van der Waals surface area (Å²) in [7, 11) is 0. The summed E-state index contributed by atoms with van der Waals surface area (Å²) in [5, 5.41) is 15.5. The Kier molecular flexibility index (Phi) is 2.70. The maximum atomic E-state index is 12.2. The molecule has 21 heavy (non-hydrogen) atoms. The first-order valence-corrected chi connectivity index (χ1v) is 6.94. The van der Waals surface area contributed by atoms with E-state index in [9.17, 15) is 4.79 Å². The summed E-state index contributed by atoms with van der Waals surface area (Å²) in [4.78, 5) is 15.2. The molecule has 7 heteroatoms. The van der Waals surface area contributed by atoms with Gasteiger partial charge < -0.3 is 10.3 Å². The van der Waals surface area contributed by atoms with Crippen molar-refractivity contribution in [1.82, 2.24) is 25.2 Å². The summed E-state index contributed by atoms with van der Waals surface area (Å²) < 4.78 is 1.65. The highest BCUT2D eigenvalue weighted by molar-refractivity contribution is 5.93. The fraction of sp³-hybridized carbons (Fsp3) is 0.286. The number of H-pyrrole nitrogens is 1. The van der Waals surface area contributed by atoms with Crippen LogP contribution in [0.4, 0.5) is 5.69 Å². The summed E-state index contributed by atoms with van der Waals surface area (Å²) in [6.07, 6.45) is 3.40. The third-order valence-corrected chi connectivity index (χ3v) is 3.82. The van der Waals surface area contributed by atoms with E-state index in [4.69, 9.17) is 0 Å². The van der Waals surface area contributed by atoms with Gasteiger partial charge in [-0.25, -0.2) is 4.68 Å². The van der Waals surface area contributed by atoms with E-state index < -0.39 is 0 Å². The van der Waals surface area contributed by atoms with Crippen molar-refractivity contribution in [2.75, 3.05) is 11.9 Å². The van der Waals surface area contributed by atoms with E-state index in [-0.39, 0.29) is 5.56 Å². The largest absolute Gasteiger partial charge is 0.384 e. The predicted octanol–water partition coefficient (Wildman–Crippen LogP) is 0.921. The number of tetrazole rings is 1. The van der Waals surface area contributed by atoms with Gasteiger partial charge in [0.15, 0.2) is 0 Å². The van der Waals surface area contributed by atoms with E-state index in [0.29, 0.717) is 6.54 Å². The first kappa shape index (κ1) is 12.1. The van der Waals surface area contributed by atoms with E-state index in [1.807, 2.05) is 18.2 Å². The average Bonchev–Trinajstić information content (AvgIpc) is 3.00. The quantitative estimate of drug-likeness (QED) is 0.729. The molecule has 0 atom stereocenters. The Bertz CT molecular complexity index is 852. The molecule has 1 aliphatic heterocycles. The molecule has 1 aromatic carbocycles. The molecule has 2 N–H and O–H groups in total. The van der Waals surface area contributed by atoms with Crippen LogP contribution in [0.2, 0.25) is 0 Å². The van der Waals surface area contributed by atoms with Crippen LogP contribution in [-0.4, -0.2) is 31.7 Å². The lowest BCUT2D eigenvalue weighted by Crippen LogP contribution is -2.22. The molecule has 1 aliphatic rings. The van der Waals surface area contributed by atoms with Gasteiger partial charge in [-0.3, -0.25) is 4.79 Å². The zero-order valence-corrected chi connectivity index (χ0v) is 11.3. The molecule has 0 radical (unpaired) electrons. The monoisotopic (exact) mass is 282 g/mol. The molecule has 2 aromatic heterocycles. The Morgan fingerprint density at radius 2 is 2.29 bits per heavy atom. The van der Waals surface area contributed by atoms with Crippen LogP contribution in [0.5, 0.6) is 0 Å². The number of hydrogen-bond acceptors (Lipinski definition) is 5. The highest BCUT2D eigenvalue weighted by Crippen LogP contribution is 2.27. The minimum absolute atomic E-state index is 0.00396. The third-order valence-electron chi connectivity index (χ3n) is 3.82. The molecule has 0 amide bonds. The Balaban J connectivity index is 1.83. The number of rotatable bonds is 2. The highest BCUT2D eigenvalue weighted by Gasteiger charge is 2.16. The zero-order valence-electron chi connectivity index (χ0n) is 11.3. The smallest absolute Gasteiger partial charge is 0.253 e. The van der Waals surface area contributed by atoms with Crippen molar-refractivity contribution in [3.05, 3.63) is 46.0 Å². The molecular weight excluding hydrogens is 268 g/mol. The second-order valence-electron chi connectivity index (χ2n) is 5.23. The summed E-state index contributed by atoms with van der Waals surface area (Å²) in [5.41, 5.74) is 3.74. The molecule has 0 spiro atoms. The van der Waals surface area contributed by atoms with Crippen molar-refractivity contribution < 1.29 is 0 Å². The molecule has 4 rings (SSSR count). The molecule has 0 saturated carbocycles. The molecule has 0 bridgehead atoms. The number of aromatic nitrogens is 5. The topological polar surface area (TPSA) is 88.5 Å². The molecule has 0 saturated heterocycles. The molecular formula is C14H14N6O. The van der Waals surface area contributed by atoms with Gasteiger partial charge in [-0.2, -0.15) is 0 Å². The molecule has 106 valence electrons. The first-order valence-electron chi connectivity index (χ1n) is 6.94. The standard InChI is InChI=1S/C14H14N6O/c21-14-11-2-1-5-15-13(11)10-4-3-9(6-12(10)17-14)7-20-8-16-18-19-20/h3-4,6,8,15H,1-2,5,7H2,(H,17,21). The van der Waals surface area contributed by atoms with E-state index in [1.165, 1.54) is 0 Å². The van der Waals surface area contributed by atoms with Crippen molar-refractivity contribution in [3.63, 3.8) is 0 Å². The third kappa shape index (κ3) is 2.06. The lowest BCUT2D eigenvalue weighted by Gasteiger charge is -2.19. The summed E-state index contributed by atoms with van der Waals surface area (Å²) >= 11 is 0. The zero-order chi connectivity index (χ0) is 14.2. The van der Waals surface area contributed by atoms with Crippen molar-refractivity contribution >= 4 is 16.6 Å². The van der Waals surface area contributed by atoms with Gasteiger partial charge in [0, 0.05) is 17.5 Å². The fourth-order valence-electron chi connectivity index (χ4n) is 2.84. The molecule has 0 fully saturated rings. The van der Waals surface area contributed by atoms with Crippen molar-refractivity contribution in [3.8, 4) is 0 Å². The number of pyridine rings is 1. The Hall–Kier alpha value is -2.70. The normalized spacial score (nSPS) is 13.9. The SMILES string of the molecule is O=c1[nH]c2cc(Cn3cnnn3)ccc2c2c1CCCN2. The van der Waals surface area contributed by atoms with Gasteiger partial charge in [-0.05, 0) is 34.9 Å². The van der Waals surface area contributed by atoms with Gasteiger partial charge in [0.05, 0.1) is 17.7 Å². The van der Waals surface area contributed by atoms with Gasteiger partial charge in [0.1, 0.15) is 6.33 Å². The maximum Gasteiger partial charge on any atom is 0.253 e. The van der Waals surface area contributed by atoms with Crippen molar-refractivity contribution in [2.45, 2.75) is 19.4 Å². The summed E-state index contributed by atoms with van der Waals surface area (Å²) in [5.74, 6) is 0. The second kappa shape index (κ2) is 4.69. The first-order chi connectivity index (χ1) is 10.3. The van der Waals surface area contributed by atoms with Crippen LogP contribution in [0.25, 0.3) is 10.9 Å².